The summed E-state index contributed by atoms with van der Waals surface area (Å²) in [5, 5.41) is 0. The van der Waals surface area contributed by atoms with Crippen molar-refractivity contribution < 1.29 is 23.9 Å². The van der Waals surface area contributed by atoms with E-state index in [-0.39, 0.29) is 5.78 Å². The van der Waals surface area contributed by atoms with Crippen LogP contribution in [-0.4, -0.2) is 41.6 Å². The van der Waals surface area contributed by atoms with E-state index in [4.69, 9.17) is 4.74 Å². The summed E-state index contributed by atoms with van der Waals surface area (Å²) in [4.78, 5) is 49.0. The Hall–Kier alpha value is -3.02. The van der Waals surface area contributed by atoms with E-state index in [0.29, 0.717) is 5.56 Å². The van der Waals surface area contributed by atoms with Gasteiger partial charge in [-0.15, -0.1) is 0 Å². The molecule has 1 aromatic carbocycles. The lowest BCUT2D eigenvalue weighted by molar-refractivity contribution is -0.152. The lowest BCUT2D eigenvalue weighted by Crippen LogP contribution is -2.37. The molecule has 2 amide bonds. The molecule has 1 aliphatic carbocycles. The Morgan fingerprint density at radius 3 is 2.12 bits per heavy atom. The number of fused-ring (bicyclic) bond motifs is 1. The summed E-state index contributed by atoms with van der Waals surface area (Å²) in [7, 11) is 0. The molecular weight excluding hydrogens is 310 g/mol. The number of carbonyl (C=O) groups excluding carboxylic acids is 4. The van der Waals surface area contributed by atoms with Crippen LogP contribution in [0.3, 0.4) is 0 Å². The molecule has 2 atom stereocenters. The predicted molar refractivity (Wildman–Crippen MR) is 83.7 cm³/mol. The van der Waals surface area contributed by atoms with Crippen molar-refractivity contribution in [3.05, 3.63) is 60.2 Å². The maximum Gasteiger partial charge on any atom is 0.326 e. The number of rotatable bonds is 5. The Bertz CT molecular complexity index is 720. The van der Waals surface area contributed by atoms with Crippen LogP contribution in [0.2, 0.25) is 0 Å². The summed E-state index contributed by atoms with van der Waals surface area (Å²) >= 11 is 0. The second kappa shape index (κ2) is 6.62. The molecule has 122 valence electrons. The first-order valence-corrected chi connectivity index (χ1v) is 7.52. The van der Waals surface area contributed by atoms with Gasteiger partial charge in [0.25, 0.3) is 0 Å². The van der Waals surface area contributed by atoms with E-state index < -0.39 is 42.8 Å². The van der Waals surface area contributed by atoms with Gasteiger partial charge < -0.3 is 4.74 Å². The number of benzene rings is 1. The van der Waals surface area contributed by atoms with E-state index in [1.165, 1.54) is 0 Å². The van der Waals surface area contributed by atoms with Gasteiger partial charge in [0.2, 0.25) is 11.8 Å². The number of carbonyl (C=O) groups is 4. The van der Waals surface area contributed by atoms with Crippen molar-refractivity contribution in [2.24, 2.45) is 11.8 Å². The Labute approximate surface area is 138 Å². The number of ether oxygens (including phenoxy) is 1. The molecule has 24 heavy (non-hydrogen) atoms. The van der Waals surface area contributed by atoms with Crippen LogP contribution in [0.4, 0.5) is 0 Å². The number of hydrogen-bond acceptors (Lipinski definition) is 5. The first-order chi connectivity index (χ1) is 11.6. The molecule has 6 nitrogen and oxygen atoms in total. The predicted octanol–water partition coefficient (Wildman–Crippen LogP) is 1.14. The van der Waals surface area contributed by atoms with Crippen LogP contribution in [0.5, 0.6) is 0 Å². The first-order valence-electron chi connectivity index (χ1n) is 7.52. The normalized spacial score (nSPS) is 21.8. The van der Waals surface area contributed by atoms with Gasteiger partial charge in [-0.3, -0.25) is 24.1 Å². The number of ketones is 1. The SMILES string of the molecule is O=C(CN1C(=O)[C@H]2C=CC=C[C@@H]2C1=O)OCC(=O)c1ccccc1. The van der Waals surface area contributed by atoms with Gasteiger partial charge in [0.15, 0.2) is 12.4 Å². The number of likely N-dealkylation sites (tertiary alicyclic amines) is 1. The highest BCUT2D eigenvalue weighted by Crippen LogP contribution is 2.30. The van der Waals surface area contributed by atoms with Crippen LogP contribution in [0.25, 0.3) is 0 Å². The monoisotopic (exact) mass is 325 g/mol. The number of allylic oxidation sites excluding steroid dienone is 2. The molecule has 0 unspecified atom stereocenters. The summed E-state index contributed by atoms with van der Waals surface area (Å²) in [6.45, 7) is -0.903. The van der Waals surface area contributed by atoms with E-state index in [2.05, 4.69) is 0 Å². The molecule has 1 saturated heterocycles. The molecule has 0 radical (unpaired) electrons. The fourth-order valence-corrected chi connectivity index (χ4v) is 2.73. The summed E-state index contributed by atoms with van der Waals surface area (Å²) < 4.78 is 4.90. The van der Waals surface area contributed by atoms with Crippen molar-refractivity contribution in [1.82, 2.24) is 4.90 Å². The summed E-state index contributed by atoms with van der Waals surface area (Å²) in [5.74, 6) is -3.08. The fraction of sp³-hybridized carbons (Fsp3) is 0.222. The zero-order chi connectivity index (χ0) is 17.1. The van der Waals surface area contributed by atoms with Gasteiger partial charge in [0, 0.05) is 5.56 Å². The zero-order valence-corrected chi connectivity index (χ0v) is 12.8. The van der Waals surface area contributed by atoms with Crippen LogP contribution in [0.1, 0.15) is 10.4 Å². The Kier molecular flexibility index (Phi) is 4.37. The molecule has 1 aliphatic heterocycles. The topological polar surface area (TPSA) is 80.8 Å². The van der Waals surface area contributed by atoms with Gasteiger partial charge in [0.1, 0.15) is 6.54 Å². The lowest BCUT2D eigenvalue weighted by Gasteiger charge is -2.13. The van der Waals surface area contributed by atoms with Crippen molar-refractivity contribution >= 4 is 23.6 Å². The van der Waals surface area contributed by atoms with Crippen LogP contribution in [0, 0.1) is 11.8 Å². The van der Waals surface area contributed by atoms with Crippen molar-refractivity contribution in [1.29, 1.82) is 0 Å². The highest BCUT2D eigenvalue weighted by molar-refractivity contribution is 6.09. The fourth-order valence-electron chi connectivity index (χ4n) is 2.73. The number of nitrogens with zero attached hydrogens (tertiary/aromatic N) is 1. The smallest absolute Gasteiger partial charge is 0.326 e. The van der Waals surface area contributed by atoms with Crippen LogP contribution in [0.15, 0.2) is 54.6 Å². The molecule has 1 fully saturated rings. The van der Waals surface area contributed by atoms with Gasteiger partial charge in [-0.1, -0.05) is 54.6 Å². The molecule has 0 N–H and O–H groups in total. The Morgan fingerprint density at radius 1 is 0.958 bits per heavy atom. The minimum atomic E-state index is -0.785. The second-order valence-corrected chi connectivity index (χ2v) is 5.53. The molecular formula is C18H15NO5. The Morgan fingerprint density at radius 2 is 1.54 bits per heavy atom. The molecule has 0 bridgehead atoms. The van der Waals surface area contributed by atoms with E-state index in [1.807, 2.05) is 0 Å². The summed E-state index contributed by atoms with van der Waals surface area (Å²) in [6, 6.07) is 8.43. The third-order valence-corrected chi connectivity index (χ3v) is 3.98. The van der Waals surface area contributed by atoms with Crippen molar-refractivity contribution in [3.8, 4) is 0 Å². The molecule has 6 heteroatoms. The number of esters is 1. The van der Waals surface area contributed by atoms with Gasteiger partial charge in [-0.25, -0.2) is 0 Å². The molecule has 0 aromatic heterocycles. The molecule has 2 aliphatic rings. The lowest BCUT2D eigenvalue weighted by atomic mass is 9.91. The molecule has 1 heterocycles. The number of hydrogen-bond donors (Lipinski definition) is 0. The number of Topliss-reactive ketones (excluding diaryl/α,β-unsaturated/α-hetero) is 1. The van der Waals surface area contributed by atoms with E-state index in [1.54, 1.807) is 54.6 Å². The summed E-state index contributed by atoms with van der Waals surface area (Å²) in [6.07, 6.45) is 6.70. The van der Waals surface area contributed by atoms with Crippen LogP contribution >= 0.6 is 0 Å². The van der Waals surface area contributed by atoms with Crippen molar-refractivity contribution in [2.75, 3.05) is 13.2 Å². The van der Waals surface area contributed by atoms with Gasteiger partial charge in [-0.05, 0) is 0 Å². The molecule has 0 saturated carbocycles. The number of amides is 2. The van der Waals surface area contributed by atoms with Gasteiger partial charge in [0.05, 0.1) is 11.8 Å². The van der Waals surface area contributed by atoms with Gasteiger partial charge >= 0.3 is 5.97 Å². The first kappa shape index (κ1) is 15.9. The Balaban J connectivity index is 1.56. The van der Waals surface area contributed by atoms with E-state index >= 15 is 0 Å². The minimum Gasteiger partial charge on any atom is -0.456 e. The zero-order valence-electron chi connectivity index (χ0n) is 12.8. The summed E-state index contributed by atoms with van der Waals surface area (Å²) in [5.41, 5.74) is 0.430. The largest absolute Gasteiger partial charge is 0.456 e. The van der Waals surface area contributed by atoms with Crippen molar-refractivity contribution in [2.45, 2.75) is 0 Å². The third-order valence-electron chi connectivity index (χ3n) is 3.98. The molecule has 3 rings (SSSR count). The van der Waals surface area contributed by atoms with Gasteiger partial charge in [-0.2, -0.15) is 0 Å². The molecule has 0 spiro atoms. The highest BCUT2D eigenvalue weighted by atomic mass is 16.5. The maximum atomic E-state index is 12.2. The standard InChI is InChI=1S/C18H15NO5/c20-15(12-6-2-1-3-7-12)11-24-16(21)10-19-17(22)13-8-4-5-9-14(13)18(19)23/h1-9,13-14H,10-11H2/t13-,14-/m0/s1. The van der Waals surface area contributed by atoms with E-state index in [0.717, 1.165) is 4.90 Å². The third kappa shape index (κ3) is 3.03. The average molecular weight is 325 g/mol. The van der Waals surface area contributed by atoms with Crippen LogP contribution in [-0.2, 0) is 19.1 Å². The minimum absolute atomic E-state index is 0.345. The van der Waals surface area contributed by atoms with Crippen LogP contribution < -0.4 is 0 Å². The van der Waals surface area contributed by atoms with Crippen molar-refractivity contribution in [3.63, 3.8) is 0 Å². The molecule has 1 aromatic rings. The highest BCUT2D eigenvalue weighted by Gasteiger charge is 2.46. The van der Waals surface area contributed by atoms with E-state index in [9.17, 15) is 19.2 Å². The second-order valence-electron chi connectivity index (χ2n) is 5.53. The number of imide groups is 1. The average Bonchev–Trinajstić information content (AvgIpc) is 2.86. The maximum absolute atomic E-state index is 12.2. The quantitative estimate of drug-likeness (QED) is 0.461.